The maximum atomic E-state index is 5.81. The average molecular weight is 324 g/mol. The van der Waals surface area contributed by atoms with Crippen LogP contribution >= 0.6 is 15.9 Å². The highest BCUT2D eigenvalue weighted by atomic mass is 79.9. The molecule has 1 aromatic carbocycles. The SMILES string of the molecule is CC1CN2CCCC2CN1Cc1ccc(N)cc1Br. The summed E-state index contributed by atoms with van der Waals surface area (Å²) in [5, 5.41) is 0. The summed E-state index contributed by atoms with van der Waals surface area (Å²) in [6, 6.07) is 7.57. The van der Waals surface area contributed by atoms with E-state index in [1.165, 1.54) is 38.0 Å². The zero-order valence-electron chi connectivity index (χ0n) is 11.5. The predicted molar refractivity (Wildman–Crippen MR) is 83.0 cm³/mol. The van der Waals surface area contributed by atoms with E-state index in [0.717, 1.165) is 22.7 Å². The molecule has 0 spiro atoms. The fraction of sp³-hybridized carbons (Fsp3) is 0.600. The Morgan fingerprint density at radius 2 is 2.21 bits per heavy atom. The Morgan fingerprint density at radius 1 is 1.37 bits per heavy atom. The fourth-order valence-electron chi connectivity index (χ4n) is 3.38. The first-order valence-corrected chi connectivity index (χ1v) is 7.95. The minimum atomic E-state index is 0.638. The van der Waals surface area contributed by atoms with E-state index in [1.807, 2.05) is 12.1 Å². The summed E-state index contributed by atoms with van der Waals surface area (Å²) in [4.78, 5) is 5.28. The maximum absolute atomic E-state index is 5.81. The standard InChI is InChI=1S/C15H22BrN3/c1-11-8-18-6-2-3-14(18)10-19(11)9-12-4-5-13(17)7-15(12)16/h4-5,7,11,14H,2-3,6,8-10,17H2,1H3. The Bertz CT molecular complexity index is 463. The second kappa shape index (κ2) is 5.43. The summed E-state index contributed by atoms with van der Waals surface area (Å²) in [5.74, 6) is 0. The van der Waals surface area contributed by atoms with Crippen molar-refractivity contribution >= 4 is 21.6 Å². The third-order valence-electron chi connectivity index (χ3n) is 4.52. The van der Waals surface area contributed by atoms with Crippen molar-refractivity contribution in [2.75, 3.05) is 25.4 Å². The molecule has 2 saturated heterocycles. The number of piperazine rings is 1. The van der Waals surface area contributed by atoms with Gasteiger partial charge in [0.25, 0.3) is 0 Å². The number of halogens is 1. The number of benzene rings is 1. The first kappa shape index (κ1) is 13.4. The zero-order valence-corrected chi connectivity index (χ0v) is 13.1. The Labute approximate surface area is 123 Å². The molecular formula is C15H22BrN3. The van der Waals surface area contributed by atoms with Crippen molar-refractivity contribution < 1.29 is 0 Å². The molecule has 3 nitrogen and oxygen atoms in total. The van der Waals surface area contributed by atoms with Crippen molar-refractivity contribution in [3.63, 3.8) is 0 Å². The van der Waals surface area contributed by atoms with Crippen molar-refractivity contribution in [1.29, 1.82) is 0 Å². The molecule has 0 saturated carbocycles. The molecule has 19 heavy (non-hydrogen) atoms. The van der Waals surface area contributed by atoms with Crippen molar-refractivity contribution in [3.8, 4) is 0 Å². The van der Waals surface area contributed by atoms with Gasteiger partial charge in [-0.3, -0.25) is 9.80 Å². The topological polar surface area (TPSA) is 32.5 Å². The molecule has 0 aromatic heterocycles. The highest BCUT2D eigenvalue weighted by Crippen LogP contribution is 2.28. The average Bonchev–Trinajstić information content (AvgIpc) is 2.80. The zero-order chi connectivity index (χ0) is 13.4. The monoisotopic (exact) mass is 323 g/mol. The second-order valence-electron chi connectivity index (χ2n) is 5.92. The van der Waals surface area contributed by atoms with Crippen LogP contribution in [0.25, 0.3) is 0 Å². The molecule has 2 unspecified atom stereocenters. The summed E-state index contributed by atoms with van der Waals surface area (Å²) < 4.78 is 1.13. The maximum Gasteiger partial charge on any atom is 0.0325 e. The Balaban J connectivity index is 1.71. The number of fused-ring (bicyclic) bond motifs is 1. The lowest BCUT2D eigenvalue weighted by atomic mass is 10.1. The smallest absolute Gasteiger partial charge is 0.0325 e. The molecule has 2 atom stereocenters. The molecule has 0 bridgehead atoms. The fourth-order valence-corrected chi connectivity index (χ4v) is 3.90. The normalized spacial score (nSPS) is 28.5. The third kappa shape index (κ3) is 2.81. The van der Waals surface area contributed by atoms with Crippen molar-refractivity contribution in [2.45, 2.75) is 38.4 Å². The van der Waals surface area contributed by atoms with Gasteiger partial charge in [-0.2, -0.15) is 0 Å². The van der Waals surface area contributed by atoms with Gasteiger partial charge >= 0.3 is 0 Å². The molecule has 3 rings (SSSR count). The highest BCUT2D eigenvalue weighted by molar-refractivity contribution is 9.10. The molecule has 0 aliphatic carbocycles. The predicted octanol–water partition coefficient (Wildman–Crippen LogP) is 2.70. The van der Waals surface area contributed by atoms with Gasteiger partial charge in [-0.25, -0.2) is 0 Å². The van der Waals surface area contributed by atoms with E-state index in [4.69, 9.17) is 5.73 Å². The number of nitrogen functional groups attached to an aromatic ring is 1. The van der Waals surface area contributed by atoms with Crippen molar-refractivity contribution in [1.82, 2.24) is 9.80 Å². The molecule has 2 N–H and O–H groups in total. The van der Waals surface area contributed by atoms with Crippen LogP contribution in [0.5, 0.6) is 0 Å². The summed E-state index contributed by atoms with van der Waals surface area (Å²) in [5.41, 5.74) is 7.97. The van der Waals surface area contributed by atoms with Crippen LogP contribution in [0.1, 0.15) is 25.3 Å². The summed E-state index contributed by atoms with van der Waals surface area (Å²) in [7, 11) is 0. The van der Waals surface area contributed by atoms with E-state index in [0.29, 0.717) is 6.04 Å². The highest BCUT2D eigenvalue weighted by Gasteiger charge is 2.34. The molecule has 104 valence electrons. The number of anilines is 1. The number of hydrogen-bond donors (Lipinski definition) is 1. The lowest BCUT2D eigenvalue weighted by Crippen LogP contribution is -2.54. The summed E-state index contributed by atoms with van der Waals surface area (Å²) in [6.07, 6.45) is 2.74. The number of nitrogens with two attached hydrogens (primary N) is 1. The van der Waals surface area contributed by atoms with E-state index in [2.05, 4.69) is 38.7 Å². The van der Waals surface area contributed by atoms with Crippen LogP contribution in [-0.4, -0.2) is 41.5 Å². The van der Waals surface area contributed by atoms with E-state index in [-0.39, 0.29) is 0 Å². The van der Waals surface area contributed by atoms with E-state index in [9.17, 15) is 0 Å². The van der Waals surface area contributed by atoms with Gasteiger partial charge in [0.1, 0.15) is 0 Å². The number of rotatable bonds is 2. The molecule has 4 heteroatoms. The molecule has 0 radical (unpaired) electrons. The summed E-state index contributed by atoms with van der Waals surface area (Å²) in [6.45, 7) is 7.09. The van der Waals surface area contributed by atoms with Gasteiger partial charge in [0.2, 0.25) is 0 Å². The van der Waals surface area contributed by atoms with Gasteiger partial charge in [-0.1, -0.05) is 22.0 Å². The Hall–Kier alpha value is -0.580. The molecule has 2 heterocycles. The lowest BCUT2D eigenvalue weighted by molar-refractivity contribution is 0.0539. The van der Waals surface area contributed by atoms with Crippen LogP contribution in [-0.2, 0) is 6.54 Å². The molecule has 0 amide bonds. The molecule has 1 aromatic rings. The molecule has 2 aliphatic heterocycles. The molecular weight excluding hydrogens is 302 g/mol. The third-order valence-corrected chi connectivity index (χ3v) is 5.26. The quantitative estimate of drug-likeness (QED) is 0.849. The summed E-state index contributed by atoms with van der Waals surface area (Å²) >= 11 is 3.63. The van der Waals surface area contributed by atoms with Crippen molar-refractivity contribution in [2.24, 2.45) is 0 Å². The van der Waals surface area contributed by atoms with Gasteiger partial charge in [-0.05, 0) is 44.0 Å². The first-order valence-electron chi connectivity index (χ1n) is 7.15. The van der Waals surface area contributed by atoms with Crippen LogP contribution in [0.4, 0.5) is 5.69 Å². The molecule has 2 fully saturated rings. The Kier molecular flexibility index (Phi) is 3.83. The van der Waals surface area contributed by atoms with Gasteiger partial charge in [-0.15, -0.1) is 0 Å². The van der Waals surface area contributed by atoms with Gasteiger partial charge in [0.05, 0.1) is 0 Å². The number of nitrogens with zero attached hydrogens (tertiary/aromatic N) is 2. The minimum Gasteiger partial charge on any atom is -0.399 e. The van der Waals surface area contributed by atoms with Crippen LogP contribution in [0, 0.1) is 0 Å². The van der Waals surface area contributed by atoms with E-state index < -0.39 is 0 Å². The lowest BCUT2D eigenvalue weighted by Gasteiger charge is -2.42. The van der Waals surface area contributed by atoms with Crippen LogP contribution in [0.3, 0.4) is 0 Å². The largest absolute Gasteiger partial charge is 0.399 e. The minimum absolute atomic E-state index is 0.638. The van der Waals surface area contributed by atoms with Crippen LogP contribution in [0.2, 0.25) is 0 Å². The van der Waals surface area contributed by atoms with Crippen molar-refractivity contribution in [3.05, 3.63) is 28.2 Å². The van der Waals surface area contributed by atoms with Crippen LogP contribution < -0.4 is 5.73 Å². The van der Waals surface area contributed by atoms with Crippen LogP contribution in [0.15, 0.2) is 22.7 Å². The first-order chi connectivity index (χ1) is 9.13. The van der Waals surface area contributed by atoms with E-state index in [1.54, 1.807) is 0 Å². The second-order valence-corrected chi connectivity index (χ2v) is 6.77. The van der Waals surface area contributed by atoms with Gasteiger partial charge in [0, 0.05) is 41.9 Å². The Morgan fingerprint density at radius 3 is 3.00 bits per heavy atom. The van der Waals surface area contributed by atoms with E-state index >= 15 is 0 Å². The number of hydrogen-bond acceptors (Lipinski definition) is 3. The molecule has 2 aliphatic rings. The van der Waals surface area contributed by atoms with Gasteiger partial charge in [0.15, 0.2) is 0 Å². The van der Waals surface area contributed by atoms with Gasteiger partial charge < -0.3 is 5.73 Å².